The predicted octanol–water partition coefficient (Wildman–Crippen LogP) is 5.91. The van der Waals surface area contributed by atoms with E-state index in [1.807, 2.05) is 65.6 Å². The van der Waals surface area contributed by atoms with Crippen LogP contribution in [0.15, 0.2) is 72.8 Å². The van der Waals surface area contributed by atoms with E-state index in [0.717, 1.165) is 28.1 Å². The number of aromatic nitrogens is 2. The van der Waals surface area contributed by atoms with Gasteiger partial charge in [-0.05, 0) is 42.0 Å². The Morgan fingerprint density at radius 1 is 0.967 bits per heavy atom. The lowest BCUT2D eigenvalue weighted by Gasteiger charge is -2.17. The molecule has 2 heterocycles. The molecule has 1 aliphatic heterocycles. The zero-order chi connectivity index (χ0) is 20.7. The van der Waals surface area contributed by atoms with Crippen LogP contribution >= 0.6 is 23.2 Å². The second-order valence-corrected chi connectivity index (χ2v) is 8.37. The normalized spacial score (nSPS) is 16.5. The minimum absolute atomic E-state index is 0.0104. The molecular weight excluding hydrogens is 417 g/mol. The van der Waals surface area contributed by atoms with Crippen LogP contribution in [0.4, 0.5) is 5.69 Å². The molecule has 0 bridgehead atoms. The molecule has 6 heteroatoms. The second kappa shape index (κ2) is 7.78. The largest absolute Gasteiger partial charge is 0.323 e. The number of fused-ring (bicyclic) bond motifs is 1. The minimum Gasteiger partial charge on any atom is -0.323 e. The van der Waals surface area contributed by atoms with Crippen LogP contribution in [0.5, 0.6) is 0 Å². The van der Waals surface area contributed by atoms with Crippen LogP contribution in [0.2, 0.25) is 10.0 Å². The molecule has 4 nitrogen and oxygen atoms in total. The number of rotatable bonds is 4. The van der Waals surface area contributed by atoms with Crippen molar-refractivity contribution in [2.24, 2.45) is 0 Å². The Kier molecular flexibility index (Phi) is 4.97. The summed E-state index contributed by atoms with van der Waals surface area (Å²) in [5.74, 6) is 1.04. The van der Waals surface area contributed by atoms with Crippen LogP contribution in [0.3, 0.4) is 0 Å². The van der Waals surface area contributed by atoms with Crippen LogP contribution < -0.4 is 4.90 Å². The number of carbonyl (C=O) groups excluding carboxylic acids is 1. The highest BCUT2D eigenvalue weighted by molar-refractivity contribution is 6.35. The van der Waals surface area contributed by atoms with Gasteiger partial charge in [0, 0.05) is 34.6 Å². The Morgan fingerprint density at radius 2 is 1.73 bits per heavy atom. The van der Waals surface area contributed by atoms with Gasteiger partial charge in [-0.15, -0.1) is 0 Å². The number of para-hydroxylation sites is 3. The first-order chi connectivity index (χ1) is 14.6. The highest BCUT2D eigenvalue weighted by atomic mass is 35.5. The lowest BCUT2D eigenvalue weighted by atomic mass is 10.1. The first-order valence-corrected chi connectivity index (χ1v) is 10.6. The van der Waals surface area contributed by atoms with Crippen LogP contribution in [0, 0.1) is 0 Å². The molecule has 1 amide bonds. The lowest BCUT2D eigenvalue weighted by Crippen LogP contribution is -2.24. The SMILES string of the molecule is O=C1C[C@@H](c2nc3ccccc3n2Cc2ccc(Cl)cc2Cl)CN1c1ccccc1. The first kappa shape index (κ1) is 19.2. The number of hydrogen-bond acceptors (Lipinski definition) is 2. The highest BCUT2D eigenvalue weighted by Gasteiger charge is 2.34. The highest BCUT2D eigenvalue weighted by Crippen LogP contribution is 2.34. The summed E-state index contributed by atoms with van der Waals surface area (Å²) in [4.78, 5) is 19.6. The van der Waals surface area contributed by atoms with Crippen molar-refractivity contribution in [3.05, 3.63) is 94.2 Å². The molecule has 0 radical (unpaired) electrons. The third-order valence-electron chi connectivity index (χ3n) is 5.59. The quantitative estimate of drug-likeness (QED) is 0.399. The van der Waals surface area contributed by atoms with E-state index >= 15 is 0 Å². The van der Waals surface area contributed by atoms with Crippen molar-refractivity contribution in [2.75, 3.05) is 11.4 Å². The topological polar surface area (TPSA) is 38.1 Å². The summed E-state index contributed by atoms with van der Waals surface area (Å²) in [5.41, 5.74) is 3.84. The number of halogens is 2. The number of benzene rings is 3. The third-order valence-corrected chi connectivity index (χ3v) is 6.17. The van der Waals surface area contributed by atoms with Gasteiger partial charge in [0.05, 0.1) is 17.6 Å². The molecule has 3 aromatic carbocycles. The van der Waals surface area contributed by atoms with Gasteiger partial charge in [0.15, 0.2) is 0 Å². The van der Waals surface area contributed by atoms with Crippen molar-refractivity contribution in [3.8, 4) is 0 Å². The van der Waals surface area contributed by atoms with E-state index in [1.165, 1.54) is 0 Å². The van der Waals surface area contributed by atoms with Gasteiger partial charge in [-0.1, -0.05) is 59.6 Å². The number of hydrogen-bond donors (Lipinski definition) is 0. The summed E-state index contributed by atoms with van der Waals surface area (Å²) < 4.78 is 2.18. The molecule has 5 rings (SSSR count). The third kappa shape index (κ3) is 3.47. The fourth-order valence-corrected chi connectivity index (χ4v) is 4.60. The minimum atomic E-state index is 0.0104. The molecule has 1 fully saturated rings. The average Bonchev–Trinajstić information content (AvgIpc) is 3.31. The summed E-state index contributed by atoms with van der Waals surface area (Å²) in [6.45, 7) is 1.18. The fraction of sp³-hybridized carbons (Fsp3) is 0.167. The van der Waals surface area contributed by atoms with Gasteiger partial charge in [0.25, 0.3) is 0 Å². The molecule has 0 spiro atoms. The summed E-state index contributed by atoms with van der Waals surface area (Å²) in [6.07, 6.45) is 0.437. The molecule has 1 aliphatic rings. The Hall–Kier alpha value is -2.82. The van der Waals surface area contributed by atoms with Crippen molar-refractivity contribution in [1.82, 2.24) is 9.55 Å². The van der Waals surface area contributed by atoms with Crippen LogP contribution in [-0.4, -0.2) is 22.0 Å². The summed E-state index contributed by atoms with van der Waals surface area (Å²) in [7, 11) is 0. The Balaban J connectivity index is 1.55. The zero-order valence-corrected chi connectivity index (χ0v) is 17.6. The average molecular weight is 436 g/mol. The molecule has 1 aromatic heterocycles. The predicted molar refractivity (Wildman–Crippen MR) is 121 cm³/mol. The van der Waals surface area contributed by atoms with Gasteiger partial charge in [-0.2, -0.15) is 0 Å². The summed E-state index contributed by atoms with van der Waals surface area (Å²) in [6, 6.07) is 23.4. The van der Waals surface area contributed by atoms with Crippen LogP contribution in [0.1, 0.15) is 23.7 Å². The lowest BCUT2D eigenvalue weighted by molar-refractivity contribution is -0.117. The van der Waals surface area contributed by atoms with Gasteiger partial charge >= 0.3 is 0 Å². The van der Waals surface area contributed by atoms with E-state index in [1.54, 1.807) is 6.07 Å². The number of carbonyl (C=O) groups is 1. The van der Waals surface area contributed by atoms with E-state index in [2.05, 4.69) is 10.6 Å². The van der Waals surface area contributed by atoms with Crippen molar-refractivity contribution < 1.29 is 4.79 Å². The molecule has 30 heavy (non-hydrogen) atoms. The van der Waals surface area contributed by atoms with E-state index in [9.17, 15) is 4.79 Å². The van der Waals surface area contributed by atoms with Crippen molar-refractivity contribution in [1.29, 1.82) is 0 Å². The molecule has 0 aliphatic carbocycles. The second-order valence-electron chi connectivity index (χ2n) is 7.52. The van der Waals surface area contributed by atoms with E-state index in [-0.39, 0.29) is 11.8 Å². The molecule has 1 atom stereocenters. The number of nitrogens with zero attached hydrogens (tertiary/aromatic N) is 3. The Labute approximate surface area is 184 Å². The Morgan fingerprint density at radius 3 is 2.53 bits per heavy atom. The maximum atomic E-state index is 12.8. The molecular formula is C24H19Cl2N3O. The molecule has 0 N–H and O–H groups in total. The van der Waals surface area contributed by atoms with Gasteiger partial charge < -0.3 is 9.47 Å². The number of anilines is 1. The number of imidazole rings is 1. The summed E-state index contributed by atoms with van der Waals surface area (Å²) >= 11 is 12.5. The molecule has 0 unspecified atom stereocenters. The van der Waals surface area contributed by atoms with Gasteiger partial charge in [-0.25, -0.2) is 4.98 Å². The van der Waals surface area contributed by atoms with Gasteiger partial charge in [0.2, 0.25) is 5.91 Å². The first-order valence-electron chi connectivity index (χ1n) is 9.84. The van der Waals surface area contributed by atoms with Gasteiger partial charge in [-0.3, -0.25) is 4.79 Å². The van der Waals surface area contributed by atoms with Crippen molar-refractivity contribution >= 4 is 45.8 Å². The molecule has 4 aromatic rings. The monoisotopic (exact) mass is 435 g/mol. The maximum Gasteiger partial charge on any atom is 0.227 e. The van der Waals surface area contributed by atoms with Gasteiger partial charge in [0.1, 0.15) is 5.82 Å². The van der Waals surface area contributed by atoms with Crippen molar-refractivity contribution in [2.45, 2.75) is 18.9 Å². The molecule has 150 valence electrons. The maximum absolute atomic E-state index is 12.8. The van der Waals surface area contributed by atoms with E-state index in [0.29, 0.717) is 29.6 Å². The zero-order valence-electron chi connectivity index (χ0n) is 16.1. The van der Waals surface area contributed by atoms with Crippen LogP contribution in [-0.2, 0) is 11.3 Å². The van der Waals surface area contributed by atoms with E-state index in [4.69, 9.17) is 28.2 Å². The van der Waals surface area contributed by atoms with Crippen molar-refractivity contribution in [3.63, 3.8) is 0 Å². The fourth-order valence-electron chi connectivity index (χ4n) is 4.13. The smallest absolute Gasteiger partial charge is 0.227 e. The summed E-state index contributed by atoms with van der Waals surface area (Å²) in [5, 5.41) is 1.24. The standard InChI is InChI=1S/C24H19Cl2N3O/c25-18-11-10-16(20(26)13-18)14-29-22-9-5-4-8-21(22)27-24(29)17-12-23(30)28(15-17)19-6-2-1-3-7-19/h1-11,13,17H,12,14-15H2/t17-/m1/s1. The van der Waals surface area contributed by atoms with Crippen LogP contribution in [0.25, 0.3) is 11.0 Å². The molecule has 1 saturated heterocycles. The Bertz CT molecular complexity index is 1240. The number of amides is 1. The molecule has 0 saturated carbocycles. The van der Waals surface area contributed by atoms with E-state index < -0.39 is 0 Å².